The summed E-state index contributed by atoms with van der Waals surface area (Å²) in [6, 6.07) is 12.1. The maximum absolute atomic E-state index is 10.9. The number of aliphatic hydroxyl groups is 1. The number of nitriles is 1. The van der Waals surface area contributed by atoms with E-state index in [0.717, 1.165) is 42.1 Å². The first-order valence-corrected chi connectivity index (χ1v) is 7.59. The Kier molecular flexibility index (Phi) is 3.65. The van der Waals surface area contributed by atoms with Gasteiger partial charge in [-0.15, -0.1) is 0 Å². The highest BCUT2D eigenvalue weighted by molar-refractivity contribution is 5.82. The van der Waals surface area contributed by atoms with Gasteiger partial charge in [-0.25, -0.2) is 0 Å². The van der Waals surface area contributed by atoms with Crippen LogP contribution in [0.2, 0.25) is 0 Å². The number of benzene rings is 1. The average Bonchev–Trinajstić information content (AvgIpc) is 2.55. The highest BCUT2D eigenvalue weighted by Crippen LogP contribution is 2.48. The van der Waals surface area contributed by atoms with Gasteiger partial charge in [0.1, 0.15) is 0 Å². The molecule has 1 aromatic carbocycles. The van der Waals surface area contributed by atoms with Crippen molar-refractivity contribution < 1.29 is 5.11 Å². The van der Waals surface area contributed by atoms with Crippen molar-refractivity contribution in [2.75, 3.05) is 0 Å². The van der Waals surface area contributed by atoms with Crippen molar-refractivity contribution in [3.05, 3.63) is 42.1 Å². The van der Waals surface area contributed by atoms with Crippen LogP contribution in [0.1, 0.15) is 44.3 Å². The number of pyridine rings is 1. The van der Waals surface area contributed by atoms with Crippen molar-refractivity contribution in [1.29, 1.82) is 5.26 Å². The zero-order chi connectivity index (χ0) is 14.9. The van der Waals surface area contributed by atoms with E-state index >= 15 is 0 Å². The summed E-state index contributed by atoms with van der Waals surface area (Å²) in [5.74, 6) is 0.646. The predicted octanol–water partition coefficient (Wildman–Crippen LogP) is 3.99. The number of aliphatic hydroxyl groups excluding tert-OH is 1. The fourth-order valence-electron chi connectivity index (χ4n) is 3.38. The second-order valence-corrected chi connectivity index (χ2v) is 6.27. The Morgan fingerprint density at radius 2 is 2.00 bits per heavy atom. The van der Waals surface area contributed by atoms with E-state index in [1.165, 1.54) is 0 Å². The molecular weight excluding hydrogens is 260 g/mol. The molecule has 1 atom stereocenters. The van der Waals surface area contributed by atoms with Crippen LogP contribution in [0, 0.1) is 22.7 Å². The molecule has 1 aliphatic carbocycles. The molecule has 0 radical (unpaired) electrons. The van der Waals surface area contributed by atoms with Crippen molar-refractivity contribution >= 4 is 10.9 Å². The Hall–Kier alpha value is -1.92. The van der Waals surface area contributed by atoms with Crippen LogP contribution >= 0.6 is 0 Å². The van der Waals surface area contributed by atoms with Crippen LogP contribution in [0.15, 0.2) is 36.5 Å². The van der Waals surface area contributed by atoms with Gasteiger partial charge < -0.3 is 5.11 Å². The zero-order valence-electron chi connectivity index (χ0n) is 12.3. The van der Waals surface area contributed by atoms with E-state index < -0.39 is 11.5 Å². The van der Waals surface area contributed by atoms with Crippen LogP contribution in [-0.2, 0) is 0 Å². The molecule has 2 aromatic rings. The molecule has 108 valence electrons. The van der Waals surface area contributed by atoms with Gasteiger partial charge in [-0.3, -0.25) is 4.98 Å². The lowest BCUT2D eigenvalue weighted by Crippen LogP contribution is -2.32. The van der Waals surface area contributed by atoms with Crippen LogP contribution in [-0.4, -0.2) is 10.1 Å². The number of rotatable bonds is 2. The number of hydrogen-bond acceptors (Lipinski definition) is 3. The third-order valence-corrected chi connectivity index (χ3v) is 4.89. The van der Waals surface area contributed by atoms with Gasteiger partial charge in [0.25, 0.3) is 0 Å². The van der Waals surface area contributed by atoms with E-state index in [9.17, 15) is 10.4 Å². The third kappa shape index (κ3) is 2.41. The fraction of sp³-hybridized carbons (Fsp3) is 0.444. The van der Waals surface area contributed by atoms with E-state index in [2.05, 4.69) is 18.0 Å². The lowest BCUT2D eigenvalue weighted by atomic mass is 9.67. The first-order valence-electron chi connectivity index (χ1n) is 7.59. The molecule has 0 bridgehead atoms. The number of para-hydroxylation sites is 1. The fourth-order valence-corrected chi connectivity index (χ4v) is 3.38. The predicted molar refractivity (Wildman–Crippen MR) is 82.4 cm³/mol. The summed E-state index contributed by atoms with van der Waals surface area (Å²) in [4.78, 5) is 4.34. The van der Waals surface area contributed by atoms with Gasteiger partial charge in [-0.2, -0.15) is 5.26 Å². The second-order valence-electron chi connectivity index (χ2n) is 6.27. The topological polar surface area (TPSA) is 56.9 Å². The summed E-state index contributed by atoms with van der Waals surface area (Å²) in [5, 5.41) is 21.6. The van der Waals surface area contributed by atoms with Crippen molar-refractivity contribution in [3.63, 3.8) is 0 Å². The third-order valence-electron chi connectivity index (χ3n) is 4.89. The summed E-state index contributed by atoms with van der Waals surface area (Å²) in [6.07, 6.45) is 4.52. The number of hydrogen-bond donors (Lipinski definition) is 1. The molecule has 0 saturated heterocycles. The van der Waals surface area contributed by atoms with Gasteiger partial charge >= 0.3 is 0 Å². The Bertz CT molecular complexity index is 676. The Morgan fingerprint density at radius 3 is 2.71 bits per heavy atom. The van der Waals surface area contributed by atoms with Gasteiger partial charge in [-0.05, 0) is 49.3 Å². The molecule has 1 saturated carbocycles. The van der Waals surface area contributed by atoms with E-state index in [1.54, 1.807) is 6.20 Å². The standard InChI is InChI=1S/C18H20N2O/c1-13-6-9-18(12-19,10-7-13)17(21)15-8-11-20-16-5-3-2-4-14(15)16/h2-5,8,11,13,17,21H,6-7,9-10H2,1H3. The Labute approximate surface area is 125 Å². The summed E-state index contributed by atoms with van der Waals surface area (Å²) < 4.78 is 0. The van der Waals surface area contributed by atoms with Crippen molar-refractivity contribution in [2.45, 2.75) is 38.7 Å². The highest BCUT2D eigenvalue weighted by atomic mass is 16.3. The minimum absolute atomic E-state index is 0.646. The minimum atomic E-state index is -0.747. The van der Waals surface area contributed by atoms with Crippen molar-refractivity contribution in [2.24, 2.45) is 11.3 Å². The molecule has 0 aliphatic heterocycles. The van der Waals surface area contributed by atoms with Crippen molar-refractivity contribution in [1.82, 2.24) is 4.98 Å². The quantitative estimate of drug-likeness (QED) is 0.905. The smallest absolute Gasteiger partial charge is 0.0983 e. The second kappa shape index (κ2) is 5.46. The summed E-state index contributed by atoms with van der Waals surface area (Å²) in [5.41, 5.74) is 1.04. The monoisotopic (exact) mass is 280 g/mol. The average molecular weight is 280 g/mol. The molecule has 21 heavy (non-hydrogen) atoms. The molecule has 1 N–H and O–H groups in total. The van der Waals surface area contributed by atoms with Crippen LogP contribution in [0.25, 0.3) is 10.9 Å². The SMILES string of the molecule is CC1CCC(C#N)(C(O)c2ccnc3ccccc23)CC1. The Morgan fingerprint density at radius 1 is 1.29 bits per heavy atom. The molecule has 1 aromatic heterocycles. The highest BCUT2D eigenvalue weighted by Gasteiger charge is 2.42. The van der Waals surface area contributed by atoms with Gasteiger partial charge in [0.15, 0.2) is 0 Å². The van der Waals surface area contributed by atoms with Crippen LogP contribution in [0.3, 0.4) is 0 Å². The number of fused-ring (bicyclic) bond motifs is 1. The van der Waals surface area contributed by atoms with E-state index in [1.807, 2.05) is 30.3 Å². The summed E-state index contributed by atoms with van der Waals surface area (Å²) >= 11 is 0. The molecular formula is C18H20N2O. The first-order chi connectivity index (χ1) is 10.2. The summed E-state index contributed by atoms with van der Waals surface area (Å²) in [7, 11) is 0. The molecule has 3 nitrogen and oxygen atoms in total. The van der Waals surface area contributed by atoms with E-state index in [4.69, 9.17) is 0 Å². The van der Waals surface area contributed by atoms with E-state index in [0.29, 0.717) is 5.92 Å². The molecule has 0 amide bonds. The van der Waals surface area contributed by atoms with Crippen molar-refractivity contribution in [3.8, 4) is 6.07 Å². The summed E-state index contributed by atoms with van der Waals surface area (Å²) in [6.45, 7) is 2.22. The molecule has 1 heterocycles. The minimum Gasteiger partial charge on any atom is -0.387 e. The molecule has 1 unspecified atom stereocenters. The lowest BCUT2D eigenvalue weighted by molar-refractivity contribution is 0.0276. The molecule has 3 rings (SSSR count). The van der Waals surface area contributed by atoms with Crippen LogP contribution in [0.4, 0.5) is 0 Å². The van der Waals surface area contributed by atoms with Gasteiger partial charge in [-0.1, -0.05) is 25.1 Å². The Balaban J connectivity index is 2.03. The lowest BCUT2D eigenvalue weighted by Gasteiger charge is -2.37. The largest absolute Gasteiger partial charge is 0.387 e. The zero-order valence-corrected chi connectivity index (χ0v) is 12.3. The molecule has 1 aliphatic rings. The maximum Gasteiger partial charge on any atom is 0.0983 e. The maximum atomic E-state index is 10.9. The van der Waals surface area contributed by atoms with Gasteiger partial charge in [0.05, 0.1) is 23.1 Å². The van der Waals surface area contributed by atoms with Crippen LogP contribution in [0.5, 0.6) is 0 Å². The first kappa shape index (κ1) is 14.0. The number of nitrogens with zero attached hydrogens (tertiary/aromatic N) is 2. The normalized spacial score (nSPS) is 27.2. The van der Waals surface area contributed by atoms with Gasteiger partial charge in [0.2, 0.25) is 0 Å². The van der Waals surface area contributed by atoms with Gasteiger partial charge in [0, 0.05) is 11.6 Å². The number of aromatic nitrogens is 1. The molecule has 3 heteroatoms. The van der Waals surface area contributed by atoms with E-state index in [-0.39, 0.29) is 0 Å². The van der Waals surface area contributed by atoms with Crippen LogP contribution < -0.4 is 0 Å². The molecule has 0 spiro atoms. The molecule has 1 fully saturated rings.